The Morgan fingerprint density at radius 2 is 1.72 bits per heavy atom. The number of hydrogen-bond donors (Lipinski definition) is 2. The van der Waals surface area contributed by atoms with Crippen molar-refractivity contribution in [1.29, 1.82) is 0 Å². The van der Waals surface area contributed by atoms with Gasteiger partial charge in [0.15, 0.2) is 0 Å². The molecule has 0 unspecified atom stereocenters. The molecule has 3 heterocycles. The van der Waals surface area contributed by atoms with Crippen molar-refractivity contribution in [1.82, 2.24) is 18.9 Å². The Hall–Kier alpha value is -3.15. The Morgan fingerprint density at radius 1 is 1.05 bits per heavy atom. The lowest BCUT2D eigenvalue weighted by molar-refractivity contribution is -0.152. The van der Waals surface area contributed by atoms with E-state index in [9.17, 15) is 24.3 Å². The molecule has 0 bridgehead atoms. The first-order valence-corrected chi connectivity index (χ1v) is 14.1. The first-order chi connectivity index (χ1) is 18.6. The zero-order chi connectivity index (χ0) is 27.7. The van der Waals surface area contributed by atoms with Gasteiger partial charge in [-0.1, -0.05) is 6.42 Å². The Kier molecular flexibility index (Phi) is 6.16. The Morgan fingerprint density at radius 3 is 2.26 bits per heavy atom. The number of aromatic hydroxyl groups is 1. The summed E-state index contributed by atoms with van der Waals surface area (Å²) in [5.74, 6) is -0.0863. The van der Waals surface area contributed by atoms with Crippen LogP contribution in [0.15, 0.2) is 14.6 Å². The number of amides is 3. The van der Waals surface area contributed by atoms with Crippen LogP contribution in [-0.2, 0) is 16.1 Å². The van der Waals surface area contributed by atoms with Crippen LogP contribution in [0.3, 0.4) is 0 Å². The van der Waals surface area contributed by atoms with E-state index >= 15 is 0 Å². The average Bonchev–Trinajstić information content (AvgIpc) is 3.01. The van der Waals surface area contributed by atoms with E-state index in [-0.39, 0.29) is 46.6 Å². The van der Waals surface area contributed by atoms with Gasteiger partial charge in [0, 0.05) is 39.1 Å². The van der Waals surface area contributed by atoms with Crippen LogP contribution >= 0.6 is 0 Å². The molecule has 6 rings (SSSR count). The molecule has 3 amide bonds. The SMILES string of the molecule is CN=C(N)c1c(O)n(CC2CCC2)c(=O)n(C2CCC3(CC2)CC2(C3)C(=O)N(C)C(=O)N2CC2COC2)c1=O. The Labute approximate surface area is 226 Å². The van der Waals surface area contributed by atoms with E-state index in [1.54, 1.807) is 11.9 Å². The molecule has 5 fully saturated rings. The van der Waals surface area contributed by atoms with Gasteiger partial charge in [0.05, 0.1) is 13.2 Å². The van der Waals surface area contributed by atoms with E-state index < -0.39 is 22.7 Å². The zero-order valence-electron chi connectivity index (χ0n) is 22.7. The summed E-state index contributed by atoms with van der Waals surface area (Å²) in [7, 11) is 3.00. The third-order valence-corrected chi connectivity index (χ3v) is 10.1. The first-order valence-electron chi connectivity index (χ1n) is 14.1. The van der Waals surface area contributed by atoms with Gasteiger partial charge in [-0.25, -0.2) is 9.59 Å². The standard InChI is InChI=1S/C27H38N6O6/c1-29-20(28)19-21(34)31(10-16-4-3-5-16)25(38)33(22(19)35)18-6-8-26(9-7-18)14-27(15-26)23(36)30(2)24(37)32(27)11-17-12-39-13-17/h16-18,34H,3-15H2,1-2H3,(H2,28,29). The number of amidine groups is 1. The van der Waals surface area contributed by atoms with Crippen molar-refractivity contribution < 1.29 is 19.4 Å². The topological polar surface area (TPSA) is 152 Å². The summed E-state index contributed by atoms with van der Waals surface area (Å²) in [5, 5.41) is 10.9. The van der Waals surface area contributed by atoms with Crippen LogP contribution < -0.4 is 17.0 Å². The molecule has 2 saturated heterocycles. The maximum Gasteiger partial charge on any atom is 0.334 e. The highest BCUT2D eigenvalue weighted by atomic mass is 16.5. The number of hydrogen-bond acceptors (Lipinski definition) is 7. The number of aromatic nitrogens is 2. The van der Waals surface area contributed by atoms with Crippen molar-refractivity contribution in [3.8, 4) is 5.88 Å². The lowest BCUT2D eigenvalue weighted by Gasteiger charge is -2.58. The number of rotatable bonds is 6. The third-order valence-electron chi connectivity index (χ3n) is 10.1. The van der Waals surface area contributed by atoms with E-state index in [1.807, 2.05) is 0 Å². The quantitative estimate of drug-likeness (QED) is 0.309. The Bertz CT molecular complexity index is 1340. The van der Waals surface area contributed by atoms with E-state index in [0.29, 0.717) is 52.0 Å². The number of urea groups is 1. The molecule has 12 heteroatoms. The molecule has 212 valence electrons. The van der Waals surface area contributed by atoms with Crippen molar-refractivity contribution in [2.24, 2.45) is 28.0 Å². The van der Waals surface area contributed by atoms with E-state index in [1.165, 1.54) is 21.1 Å². The summed E-state index contributed by atoms with van der Waals surface area (Å²) in [5.41, 5.74) is 3.88. The second-order valence-electron chi connectivity index (χ2n) is 12.4. The average molecular weight is 543 g/mol. The van der Waals surface area contributed by atoms with Gasteiger partial charge in [-0.2, -0.15) is 0 Å². The second-order valence-corrected chi connectivity index (χ2v) is 12.4. The summed E-state index contributed by atoms with van der Waals surface area (Å²) >= 11 is 0. The monoisotopic (exact) mass is 542 g/mol. The number of imide groups is 1. The molecular weight excluding hydrogens is 504 g/mol. The number of aliphatic imine (C=N–C) groups is 1. The molecule has 0 aromatic carbocycles. The van der Waals surface area contributed by atoms with Gasteiger partial charge in [0.25, 0.3) is 11.5 Å². The number of ether oxygens (including phenoxy) is 1. The minimum absolute atomic E-state index is 0.0905. The van der Waals surface area contributed by atoms with Crippen LogP contribution in [0.25, 0.3) is 0 Å². The summed E-state index contributed by atoms with van der Waals surface area (Å²) in [6, 6.07) is -0.573. The smallest absolute Gasteiger partial charge is 0.334 e. The largest absolute Gasteiger partial charge is 0.494 e. The van der Waals surface area contributed by atoms with Crippen molar-refractivity contribution in [3.63, 3.8) is 0 Å². The maximum atomic E-state index is 13.6. The molecule has 3 N–H and O–H groups in total. The van der Waals surface area contributed by atoms with Gasteiger partial charge in [-0.3, -0.25) is 28.6 Å². The minimum atomic E-state index is -0.793. The Balaban J connectivity index is 1.24. The number of likely N-dealkylation sites (N-methyl/N-ethyl adjacent to an activating group) is 1. The molecule has 3 aliphatic carbocycles. The van der Waals surface area contributed by atoms with Crippen molar-refractivity contribution in [2.75, 3.05) is 33.9 Å². The molecule has 39 heavy (non-hydrogen) atoms. The predicted molar refractivity (Wildman–Crippen MR) is 142 cm³/mol. The zero-order valence-corrected chi connectivity index (χ0v) is 22.7. The maximum absolute atomic E-state index is 13.6. The third kappa shape index (κ3) is 3.85. The molecule has 1 aromatic heterocycles. The van der Waals surface area contributed by atoms with Gasteiger partial charge < -0.3 is 20.5 Å². The van der Waals surface area contributed by atoms with E-state index in [2.05, 4.69) is 4.99 Å². The molecule has 5 aliphatic rings. The minimum Gasteiger partial charge on any atom is -0.494 e. The molecule has 0 radical (unpaired) electrons. The highest BCUT2D eigenvalue weighted by Crippen LogP contribution is 2.62. The highest BCUT2D eigenvalue weighted by Gasteiger charge is 2.68. The molecule has 12 nitrogen and oxygen atoms in total. The van der Waals surface area contributed by atoms with E-state index in [4.69, 9.17) is 10.5 Å². The van der Waals surface area contributed by atoms with Crippen LogP contribution in [0.1, 0.15) is 69.4 Å². The number of carbonyl (C=O) groups excluding carboxylic acids is 2. The molecule has 3 saturated carbocycles. The fourth-order valence-corrected chi connectivity index (χ4v) is 7.55. The van der Waals surface area contributed by atoms with E-state index in [0.717, 1.165) is 32.1 Å². The van der Waals surface area contributed by atoms with Crippen molar-refractivity contribution in [2.45, 2.75) is 75.9 Å². The van der Waals surface area contributed by atoms with Gasteiger partial charge in [-0.05, 0) is 62.7 Å². The van der Waals surface area contributed by atoms with Crippen LogP contribution in [0.5, 0.6) is 5.88 Å². The number of nitrogens with two attached hydrogens (primary N) is 1. The molecule has 2 aliphatic heterocycles. The summed E-state index contributed by atoms with van der Waals surface area (Å²) in [6.45, 7) is 2.10. The molecular formula is C27H38N6O6. The number of nitrogens with zero attached hydrogens (tertiary/aromatic N) is 5. The van der Waals surface area contributed by atoms with Crippen LogP contribution in [0.2, 0.25) is 0 Å². The van der Waals surface area contributed by atoms with Crippen molar-refractivity contribution in [3.05, 3.63) is 26.4 Å². The fourth-order valence-electron chi connectivity index (χ4n) is 7.55. The highest BCUT2D eigenvalue weighted by molar-refractivity contribution is 6.07. The summed E-state index contributed by atoms with van der Waals surface area (Å²) in [6.07, 6.45) is 6.93. The number of carbonyl (C=O) groups is 2. The lowest BCUT2D eigenvalue weighted by atomic mass is 9.51. The van der Waals surface area contributed by atoms with Crippen LogP contribution in [0.4, 0.5) is 4.79 Å². The first kappa shape index (κ1) is 26.1. The fraction of sp³-hybridized carbons (Fsp3) is 0.741. The van der Waals surface area contributed by atoms with Crippen LogP contribution in [0, 0.1) is 17.3 Å². The van der Waals surface area contributed by atoms with Gasteiger partial charge in [0.1, 0.15) is 16.9 Å². The summed E-state index contributed by atoms with van der Waals surface area (Å²) < 4.78 is 7.86. The second kappa shape index (κ2) is 9.21. The van der Waals surface area contributed by atoms with Crippen LogP contribution in [-0.4, -0.2) is 81.2 Å². The van der Waals surface area contributed by atoms with Gasteiger partial charge in [0.2, 0.25) is 5.88 Å². The predicted octanol–water partition coefficient (Wildman–Crippen LogP) is 1.03. The van der Waals surface area contributed by atoms with Gasteiger partial charge in [-0.15, -0.1) is 0 Å². The molecule has 2 spiro atoms. The van der Waals surface area contributed by atoms with Gasteiger partial charge >= 0.3 is 11.7 Å². The summed E-state index contributed by atoms with van der Waals surface area (Å²) in [4.78, 5) is 60.2. The normalized spacial score (nSPS) is 31.6. The molecule has 1 aromatic rings. The lowest BCUT2D eigenvalue weighted by Crippen LogP contribution is -2.65. The molecule has 0 atom stereocenters. The van der Waals surface area contributed by atoms with Crippen molar-refractivity contribution >= 4 is 17.8 Å².